The zero-order chi connectivity index (χ0) is 8.10. The topological polar surface area (TPSA) is 23.8 Å². The number of nitrogens with zero attached hydrogens (tertiary/aromatic N) is 1. The lowest BCUT2D eigenvalue weighted by Crippen LogP contribution is -1.78. The Morgan fingerprint density at radius 3 is 2.73 bits per heavy atom. The van der Waals surface area contributed by atoms with E-state index in [0.717, 1.165) is 0 Å². The maximum absolute atomic E-state index is 12.8. The fraction of sp³-hybridized carbons (Fsp3) is 0. The van der Waals surface area contributed by atoms with Gasteiger partial charge in [-0.05, 0) is 12.1 Å². The van der Waals surface area contributed by atoms with Crippen molar-refractivity contribution in [2.45, 2.75) is 0 Å². The first-order valence-electron chi connectivity index (χ1n) is 3.15. The highest BCUT2D eigenvalue weighted by Crippen LogP contribution is 2.07. The monoisotopic (exact) mass is 147 g/mol. The second-order valence-electron chi connectivity index (χ2n) is 1.98. The fourth-order valence-electron chi connectivity index (χ4n) is 0.737. The second kappa shape index (κ2) is 3.52. The minimum atomic E-state index is -0.306. The average Bonchev–Trinajstić information content (AvgIpc) is 2.03. The third-order valence-corrected chi connectivity index (χ3v) is 1.24. The Balaban J connectivity index is 2.97. The first kappa shape index (κ1) is 7.49. The quantitative estimate of drug-likeness (QED) is 0.559. The Bertz CT molecular complexity index is 310. The van der Waals surface area contributed by atoms with Crippen LogP contribution in [0.2, 0.25) is 0 Å². The van der Waals surface area contributed by atoms with E-state index in [1.165, 1.54) is 18.2 Å². The van der Waals surface area contributed by atoms with Crippen LogP contribution >= 0.6 is 0 Å². The molecule has 0 radical (unpaired) electrons. The summed E-state index contributed by atoms with van der Waals surface area (Å²) in [6, 6.07) is 8.10. The summed E-state index contributed by atoms with van der Waals surface area (Å²) in [7, 11) is 0. The molecular weight excluding hydrogens is 141 g/mol. The van der Waals surface area contributed by atoms with Crippen molar-refractivity contribution in [3.8, 4) is 6.07 Å². The molecule has 54 valence electrons. The lowest BCUT2D eigenvalue weighted by atomic mass is 10.2. The molecule has 0 atom stereocenters. The third kappa shape index (κ3) is 1.91. The van der Waals surface area contributed by atoms with Gasteiger partial charge in [0.05, 0.1) is 6.07 Å². The van der Waals surface area contributed by atoms with Gasteiger partial charge < -0.3 is 0 Å². The van der Waals surface area contributed by atoms with Gasteiger partial charge >= 0.3 is 0 Å². The van der Waals surface area contributed by atoms with Crippen molar-refractivity contribution in [2.24, 2.45) is 0 Å². The van der Waals surface area contributed by atoms with Gasteiger partial charge in [-0.15, -0.1) is 0 Å². The normalized spacial score (nSPS) is 9.82. The summed E-state index contributed by atoms with van der Waals surface area (Å²) in [6.07, 6.45) is 2.69. The summed E-state index contributed by atoms with van der Waals surface area (Å²) in [4.78, 5) is 0. The van der Waals surface area contributed by atoms with Gasteiger partial charge in [-0.2, -0.15) is 5.26 Å². The van der Waals surface area contributed by atoms with Gasteiger partial charge in [0.15, 0.2) is 0 Å². The first-order valence-corrected chi connectivity index (χ1v) is 3.15. The molecule has 0 aliphatic carbocycles. The van der Waals surface area contributed by atoms with E-state index in [9.17, 15) is 4.39 Å². The van der Waals surface area contributed by atoms with Gasteiger partial charge in [-0.1, -0.05) is 18.2 Å². The van der Waals surface area contributed by atoms with Crippen molar-refractivity contribution in [2.75, 3.05) is 0 Å². The second-order valence-corrected chi connectivity index (χ2v) is 1.98. The summed E-state index contributed by atoms with van der Waals surface area (Å²) >= 11 is 0. The molecule has 0 saturated carbocycles. The van der Waals surface area contributed by atoms with Crippen LogP contribution in [0, 0.1) is 17.1 Å². The molecule has 1 aromatic carbocycles. The lowest BCUT2D eigenvalue weighted by Gasteiger charge is -1.91. The molecule has 0 aliphatic rings. The molecule has 0 bridgehead atoms. The van der Waals surface area contributed by atoms with E-state index in [2.05, 4.69) is 0 Å². The van der Waals surface area contributed by atoms with Gasteiger partial charge in [0.2, 0.25) is 0 Å². The standard InChI is InChI=1S/C9H6FN/c10-9-6-2-1-4-8(9)5-3-7-11/h1-6H. The molecule has 11 heavy (non-hydrogen) atoms. The number of benzene rings is 1. The van der Waals surface area contributed by atoms with Crippen LogP contribution in [0.5, 0.6) is 0 Å². The van der Waals surface area contributed by atoms with Crippen molar-refractivity contribution in [3.63, 3.8) is 0 Å². The van der Waals surface area contributed by atoms with Crippen molar-refractivity contribution >= 4 is 6.08 Å². The number of hydrogen-bond donors (Lipinski definition) is 0. The molecule has 0 unspecified atom stereocenters. The molecule has 1 rings (SSSR count). The Labute approximate surface area is 64.4 Å². The zero-order valence-electron chi connectivity index (χ0n) is 5.79. The maximum atomic E-state index is 12.8. The van der Waals surface area contributed by atoms with Gasteiger partial charge in [0.1, 0.15) is 5.82 Å². The molecule has 0 saturated heterocycles. The van der Waals surface area contributed by atoms with Gasteiger partial charge in [0, 0.05) is 11.6 Å². The molecule has 0 aromatic heterocycles. The number of rotatable bonds is 1. The van der Waals surface area contributed by atoms with E-state index >= 15 is 0 Å². The van der Waals surface area contributed by atoms with Crippen LogP contribution in [0.1, 0.15) is 5.56 Å². The summed E-state index contributed by atoms with van der Waals surface area (Å²) in [5.74, 6) is -0.306. The van der Waals surface area contributed by atoms with Crippen LogP contribution in [0.3, 0.4) is 0 Å². The van der Waals surface area contributed by atoms with Crippen LogP contribution < -0.4 is 0 Å². The third-order valence-electron chi connectivity index (χ3n) is 1.24. The van der Waals surface area contributed by atoms with Gasteiger partial charge in [-0.25, -0.2) is 4.39 Å². The zero-order valence-corrected chi connectivity index (χ0v) is 5.79. The highest BCUT2D eigenvalue weighted by Gasteiger charge is 1.93. The Kier molecular flexibility index (Phi) is 2.40. The first-order chi connectivity index (χ1) is 5.34. The van der Waals surface area contributed by atoms with E-state index in [1.54, 1.807) is 24.3 Å². The van der Waals surface area contributed by atoms with Crippen LogP contribution in [-0.2, 0) is 0 Å². The number of hydrogen-bond acceptors (Lipinski definition) is 1. The van der Waals surface area contributed by atoms with Gasteiger partial charge in [-0.3, -0.25) is 0 Å². The Morgan fingerprint density at radius 2 is 2.09 bits per heavy atom. The average molecular weight is 147 g/mol. The summed E-state index contributed by atoms with van der Waals surface area (Å²) in [5.41, 5.74) is 0.439. The molecule has 1 aromatic rings. The smallest absolute Gasteiger partial charge is 0.130 e. The summed E-state index contributed by atoms with van der Waals surface area (Å²) in [5, 5.41) is 8.16. The largest absolute Gasteiger partial charge is 0.206 e. The number of nitriles is 1. The van der Waals surface area contributed by atoms with Crippen molar-refractivity contribution in [3.05, 3.63) is 41.7 Å². The molecule has 0 heterocycles. The highest BCUT2D eigenvalue weighted by molar-refractivity contribution is 5.52. The predicted molar refractivity (Wildman–Crippen MR) is 41.0 cm³/mol. The summed E-state index contributed by atoms with van der Waals surface area (Å²) < 4.78 is 12.8. The molecule has 2 heteroatoms. The minimum Gasteiger partial charge on any atom is -0.206 e. The summed E-state index contributed by atoms with van der Waals surface area (Å²) in [6.45, 7) is 0. The van der Waals surface area contributed by atoms with E-state index in [0.29, 0.717) is 5.56 Å². The van der Waals surface area contributed by atoms with Crippen LogP contribution in [0.25, 0.3) is 6.08 Å². The van der Waals surface area contributed by atoms with Crippen molar-refractivity contribution < 1.29 is 4.39 Å². The van der Waals surface area contributed by atoms with Crippen molar-refractivity contribution in [1.82, 2.24) is 0 Å². The molecule has 0 fully saturated rings. The van der Waals surface area contributed by atoms with Crippen LogP contribution in [0.4, 0.5) is 4.39 Å². The SMILES string of the molecule is N#CC=Cc1ccccc1F. The maximum Gasteiger partial charge on any atom is 0.130 e. The van der Waals surface area contributed by atoms with Crippen LogP contribution in [-0.4, -0.2) is 0 Å². The van der Waals surface area contributed by atoms with E-state index < -0.39 is 0 Å². The highest BCUT2D eigenvalue weighted by atomic mass is 19.1. The molecule has 0 aliphatic heterocycles. The predicted octanol–water partition coefficient (Wildman–Crippen LogP) is 2.36. The number of allylic oxidation sites excluding steroid dienone is 1. The van der Waals surface area contributed by atoms with Crippen LogP contribution in [0.15, 0.2) is 30.3 Å². The van der Waals surface area contributed by atoms with E-state index in [-0.39, 0.29) is 5.82 Å². The fourth-order valence-corrected chi connectivity index (χ4v) is 0.737. The van der Waals surface area contributed by atoms with Crippen molar-refractivity contribution in [1.29, 1.82) is 5.26 Å². The number of halogens is 1. The molecule has 1 nitrogen and oxygen atoms in total. The Morgan fingerprint density at radius 1 is 1.36 bits per heavy atom. The molecular formula is C9H6FN. The Hall–Kier alpha value is -1.62. The minimum absolute atomic E-state index is 0.306. The molecule has 0 amide bonds. The van der Waals surface area contributed by atoms with E-state index in [4.69, 9.17) is 5.26 Å². The lowest BCUT2D eigenvalue weighted by molar-refractivity contribution is 0.625. The molecule has 0 spiro atoms. The van der Waals surface area contributed by atoms with E-state index in [1.807, 2.05) is 0 Å². The molecule has 0 N–H and O–H groups in total. The van der Waals surface area contributed by atoms with Gasteiger partial charge in [0.25, 0.3) is 0 Å².